The summed E-state index contributed by atoms with van der Waals surface area (Å²) in [7, 11) is 1.34. The van der Waals surface area contributed by atoms with Crippen molar-refractivity contribution in [2.24, 2.45) is 0 Å². The first-order valence-electron chi connectivity index (χ1n) is 8.54. The van der Waals surface area contributed by atoms with Gasteiger partial charge in [0.15, 0.2) is 0 Å². The number of nitrogens with one attached hydrogen (secondary N) is 1. The van der Waals surface area contributed by atoms with Crippen molar-refractivity contribution in [2.45, 2.75) is 12.5 Å². The van der Waals surface area contributed by atoms with E-state index in [1.165, 1.54) is 13.1 Å². The molecule has 0 aliphatic carbocycles. The van der Waals surface area contributed by atoms with Crippen molar-refractivity contribution in [1.82, 2.24) is 14.8 Å². The Bertz CT molecular complexity index is 1110. The molecule has 0 bridgehead atoms. The van der Waals surface area contributed by atoms with Gasteiger partial charge >= 0.3 is 6.03 Å². The summed E-state index contributed by atoms with van der Waals surface area (Å²) in [6.45, 7) is 0. The minimum Gasteiger partial charge on any atom is -0.360 e. The van der Waals surface area contributed by atoms with Crippen LogP contribution in [0.15, 0.2) is 48.7 Å². The summed E-state index contributed by atoms with van der Waals surface area (Å²) in [4.78, 5) is 42.9. The highest BCUT2D eigenvalue weighted by molar-refractivity contribution is 6.35. The van der Waals surface area contributed by atoms with Crippen LogP contribution in [0.3, 0.4) is 0 Å². The molecular formula is C20H15ClFN3O3. The normalized spacial score (nSPS) is 17.0. The third-order valence-electron chi connectivity index (χ3n) is 4.90. The zero-order valence-electron chi connectivity index (χ0n) is 14.8. The number of aromatic amines is 1. The van der Waals surface area contributed by atoms with Crippen LogP contribution in [0.25, 0.3) is 10.9 Å². The summed E-state index contributed by atoms with van der Waals surface area (Å²) in [5.41, 5.74) is 1.37. The van der Waals surface area contributed by atoms with Crippen LogP contribution >= 0.6 is 11.6 Å². The number of carbonyl (C=O) groups is 3. The van der Waals surface area contributed by atoms with Gasteiger partial charge in [0.05, 0.1) is 5.52 Å². The number of rotatable bonds is 3. The van der Waals surface area contributed by atoms with Crippen LogP contribution in [0.5, 0.6) is 0 Å². The average Bonchev–Trinajstić information content (AvgIpc) is 3.20. The molecule has 3 aromatic rings. The monoisotopic (exact) mass is 399 g/mol. The van der Waals surface area contributed by atoms with E-state index in [1.54, 1.807) is 42.6 Å². The van der Waals surface area contributed by atoms with E-state index >= 15 is 0 Å². The molecule has 1 fully saturated rings. The number of H-pyrrole nitrogens is 1. The highest BCUT2D eigenvalue weighted by atomic mass is 35.5. The fourth-order valence-electron chi connectivity index (χ4n) is 3.42. The number of halogens is 2. The molecule has 4 amide bonds. The van der Waals surface area contributed by atoms with Crippen molar-refractivity contribution in [3.8, 4) is 0 Å². The number of hydrogen-bond donors (Lipinski definition) is 1. The van der Waals surface area contributed by atoms with Crippen molar-refractivity contribution in [1.29, 1.82) is 0 Å². The molecule has 28 heavy (non-hydrogen) atoms. The number of nitrogens with zero attached hydrogens (tertiary/aromatic N) is 2. The van der Waals surface area contributed by atoms with Crippen molar-refractivity contribution < 1.29 is 18.8 Å². The Kier molecular flexibility index (Phi) is 4.39. The molecule has 2 heterocycles. The first-order valence-corrected chi connectivity index (χ1v) is 8.92. The number of amides is 4. The molecule has 8 heteroatoms. The maximum Gasteiger partial charge on any atom is 0.334 e. The van der Waals surface area contributed by atoms with Crippen molar-refractivity contribution in [3.63, 3.8) is 0 Å². The number of benzene rings is 2. The predicted molar refractivity (Wildman–Crippen MR) is 102 cm³/mol. The quantitative estimate of drug-likeness (QED) is 0.684. The summed E-state index contributed by atoms with van der Waals surface area (Å²) >= 11 is 5.99. The van der Waals surface area contributed by atoms with E-state index in [2.05, 4.69) is 4.98 Å². The highest BCUT2D eigenvalue weighted by Gasteiger charge is 2.46. The molecule has 1 aliphatic heterocycles. The summed E-state index contributed by atoms with van der Waals surface area (Å²) in [6, 6.07) is 9.43. The molecule has 0 spiro atoms. The second kappa shape index (κ2) is 6.76. The van der Waals surface area contributed by atoms with Crippen LogP contribution in [0.1, 0.15) is 15.9 Å². The zero-order chi connectivity index (χ0) is 20.0. The number of aromatic nitrogens is 1. The Hall–Kier alpha value is -3.19. The molecule has 1 saturated heterocycles. The van der Waals surface area contributed by atoms with E-state index < -0.39 is 29.7 Å². The minimum atomic E-state index is -0.993. The van der Waals surface area contributed by atoms with E-state index in [0.717, 1.165) is 9.80 Å². The maximum atomic E-state index is 13.7. The molecule has 0 saturated carbocycles. The van der Waals surface area contributed by atoms with Crippen LogP contribution in [0.2, 0.25) is 5.02 Å². The van der Waals surface area contributed by atoms with E-state index in [1.807, 2.05) is 0 Å². The van der Waals surface area contributed by atoms with Gasteiger partial charge < -0.3 is 4.98 Å². The van der Waals surface area contributed by atoms with Gasteiger partial charge in [0.1, 0.15) is 16.9 Å². The van der Waals surface area contributed by atoms with Crippen molar-refractivity contribution in [3.05, 3.63) is 70.6 Å². The SMILES string of the molecule is CN1C(=O)[C@@H](Cc2c[nH]c3c(Cl)c(F)ccc23)N(C(=O)c2ccccc2)C1=O. The molecule has 2 aromatic carbocycles. The molecule has 6 nitrogen and oxygen atoms in total. The first kappa shape index (κ1) is 18.2. The van der Waals surface area contributed by atoms with E-state index in [0.29, 0.717) is 22.0 Å². The van der Waals surface area contributed by atoms with Gasteiger partial charge in [-0.15, -0.1) is 0 Å². The van der Waals surface area contributed by atoms with Gasteiger partial charge in [0.25, 0.3) is 11.8 Å². The largest absolute Gasteiger partial charge is 0.360 e. The number of likely N-dealkylation sites (N-methyl/N-ethyl adjacent to an activating group) is 1. The van der Waals surface area contributed by atoms with Gasteiger partial charge in [0, 0.05) is 30.6 Å². The van der Waals surface area contributed by atoms with Crippen LogP contribution in [-0.2, 0) is 11.2 Å². The van der Waals surface area contributed by atoms with Gasteiger partial charge in [-0.2, -0.15) is 0 Å². The van der Waals surface area contributed by atoms with E-state index in [9.17, 15) is 18.8 Å². The predicted octanol–water partition coefficient (Wildman–Crippen LogP) is 3.61. The lowest BCUT2D eigenvalue weighted by molar-refractivity contribution is -0.127. The third kappa shape index (κ3) is 2.75. The molecule has 1 aromatic heterocycles. The first-order chi connectivity index (χ1) is 13.4. The van der Waals surface area contributed by atoms with Crippen molar-refractivity contribution >= 4 is 40.3 Å². The number of urea groups is 1. The number of imide groups is 2. The average molecular weight is 400 g/mol. The number of hydrogen-bond acceptors (Lipinski definition) is 3. The topological polar surface area (TPSA) is 73.5 Å². The molecule has 0 unspecified atom stereocenters. The zero-order valence-corrected chi connectivity index (χ0v) is 15.5. The van der Waals surface area contributed by atoms with Gasteiger partial charge in [-0.25, -0.2) is 14.1 Å². The Balaban J connectivity index is 1.73. The Labute approximate surface area is 164 Å². The maximum absolute atomic E-state index is 13.7. The summed E-state index contributed by atoms with van der Waals surface area (Å²) in [5, 5.41) is 0.584. The fourth-order valence-corrected chi connectivity index (χ4v) is 3.64. The lowest BCUT2D eigenvalue weighted by atomic mass is 10.0. The molecule has 0 radical (unpaired) electrons. The van der Waals surface area contributed by atoms with Crippen LogP contribution in [0, 0.1) is 5.82 Å². The Morgan fingerprint density at radius 2 is 1.89 bits per heavy atom. The van der Waals surface area contributed by atoms with Gasteiger partial charge in [-0.05, 0) is 29.8 Å². The third-order valence-corrected chi connectivity index (χ3v) is 5.27. The second-order valence-corrected chi connectivity index (χ2v) is 6.92. The number of fused-ring (bicyclic) bond motifs is 1. The summed E-state index contributed by atoms with van der Waals surface area (Å²) in [5.74, 6) is -1.58. The van der Waals surface area contributed by atoms with Crippen LogP contribution < -0.4 is 0 Å². The van der Waals surface area contributed by atoms with E-state index in [-0.39, 0.29) is 11.4 Å². The number of carbonyl (C=O) groups excluding carboxylic acids is 3. The molecule has 1 N–H and O–H groups in total. The molecule has 142 valence electrons. The molecular weight excluding hydrogens is 385 g/mol. The summed E-state index contributed by atoms with van der Waals surface area (Å²) in [6.07, 6.45) is 1.70. The fraction of sp³-hybridized carbons (Fsp3) is 0.150. The van der Waals surface area contributed by atoms with Crippen LogP contribution in [-0.4, -0.2) is 45.7 Å². The second-order valence-electron chi connectivity index (χ2n) is 6.54. The molecule has 1 atom stereocenters. The summed E-state index contributed by atoms with van der Waals surface area (Å²) < 4.78 is 13.7. The molecule has 1 aliphatic rings. The van der Waals surface area contributed by atoms with Gasteiger partial charge in [-0.1, -0.05) is 29.8 Å². The minimum absolute atomic E-state index is 0.0492. The smallest absolute Gasteiger partial charge is 0.334 e. The highest BCUT2D eigenvalue weighted by Crippen LogP contribution is 2.30. The standard InChI is InChI=1S/C20H15ClFN3O3/c1-24-19(27)15(25(20(24)28)18(26)11-5-3-2-4-6-11)9-12-10-23-17-13(12)7-8-14(22)16(17)21/h2-8,10,15,23H,9H2,1H3/t15-/m1/s1. The lowest BCUT2D eigenvalue weighted by Gasteiger charge is -2.19. The Morgan fingerprint density at radius 3 is 2.61 bits per heavy atom. The van der Waals surface area contributed by atoms with Gasteiger partial charge in [-0.3, -0.25) is 14.5 Å². The van der Waals surface area contributed by atoms with E-state index in [4.69, 9.17) is 11.6 Å². The molecule has 4 rings (SSSR count). The van der Waals surface area contributed by atoms with Gasteiger partial charge in [0.2, 0.25) is 0 Å². The lowest BCUT2D eigenvalue weighted by Crippen LogP contribution is -2.41. The van der Waals surface area contributed by atoms with Crippen molar-refractivity contribution in [2.75, 3.05) is 7.05 Å². The Morgan fingerprint density at radius 1 is 1.18 bits per heavy atom. The van der Waals surface area contributed by atoms with Crippen LogP contribution in [0.4, 0.5) is 9.18 Å².